The van der Waals surface area contributed by atoms with Crippen LogP contribution in [0.25, 0.3) is 0 Å². The number of hydrogen-bond acceptors (Lipinski definition) is 4. The lowest BCUT2D eigenvalue weighted by Gasteiger charge is -2.13. The zero-order valence-electron chi connectivity index (χ0n) is 9.38. The molecule has 0 aliphatic carbocycles. The molecule has 0 spiro atoms. The van der Waals surface area contributed by atoms with Gasteiger partial charge in [0.15, 0.2) is 0 Å². The highest BCUT2D eigenvalue weighted by Crippen LogP contribution is 2.22. The fourth-order valence-corrected chi connectivity index (χ4v) is 1.72. The zero-order valence-corrected chi connectivity index (χ0v) is 9.38. The maximum atomic E-state index is 12.0. The van der Waals surface area contributed by atoms with Crippen LogP contribution < -0.4 is 0 Å². The molecule has 0 radical (unpaired) electrons. The van der Waals surface area contributed by atoms with Gasteiger partial charge in [0.05, 0.1) is 18.1 Å². The Morgan fingerprint density at radius 3 is 2.88 bits per heavy atom. The number of amides is 1. The summed E-state index contributed by atoms with van der Waals surface area (Å²) in [5.41, 5.74) is 0.700. The largest absolute Gasteiger partial charge is 0.284 e. The van der Waals surface area contributed by atoms with Crippen LogP contribution in [0.4, 0.5) is 5.69 Å². The van der Waals surface area contributed by atoms with E-state index in [1.165, 1.54) is 17.2 Å². The number of benzene rings is 1. The van der Waals surface area contributed by atoms with Gasteiger partial charge >= 0.3 is 0 Å². The Bertz CT molecular complexity index is 467. The SMILES string of the molecule is Cc1ccc([N+](=O)[O-])c(C(=O)N2CCCO2)c1. The normalized spacial score (nSPS) is 15.0. The molecule has 1 fully saturated rings. The number of nitro benzene ring substituents is 1. The number of carbonyl (C=O) groups excluding carboxylic acids is 1. The van der Waals surface area contributed by atoms with Crippen LogP contribution in [-0.2, 0) is 4.84 Å². The Morgan fingerprint density at radius 2 is 2.29 bits per heavy atom. The minimum Gasteiger partial charge on any atom is -0.271 e. The van der Waals surface area contributed by atoms with Crippen molar-refractivity contribution in [2.45, 2.75) is 13.3 Å². The summed E-state index contributed by atoms with van der Waals surface area (Å²) in [6.45, 7) is 2.74. The smallest absolute Gasteiger partial charge is 0.271 e. The highest BCUT2D eigenvalue weighted by Gasteiger charge is 2.27. The molecule has 1 saturated heterocycles. The molecule has 6 heteroatoms. The van der Waals surface area contributed by atoms with E-state index < -0.39 is 10.8 Å². The van der Waals surface area contributed by atoms with Crippen LogP contribution in [-0.4, -0.2) is 29.0 Å². The molecule has 1 aromatic rings. The molecule has 2 rings (SSSR count). The molecule has 0 N–H and O–H groups in total. The lowest BCUT2D eigenvalue weighted by Crippen LogP contribution is -2.27. The second-order valence-corrected chi connectivity index (χ2v) is 3.87. The molecule has 1 heterocycles. The van der Waals surface area contributed by atoms with Gasteiger partial charge in [0.1, 0.15) is 5.56 Å². The van der Waals surface area contributed by atoms with E-state index in [-0.39, 0.29) is 11.3 Å². The van der Waals surface area contributed by atoms with Crippen molar-refractivity contribution in [2.75, 3.05) is 13.2 Å². The third kappa shape index (κ3) is 2.26. The first-order valence-corrected chi connectivity index (χ1v) is 5.29. The van der Waals surface area contributed by atoms with Crippen molar-refractivity contribution in [2.24, 2.45) is 0 Å². The predicted molar refractivity (Wildman–Crippen MR) is 59.4 cm³/mol. The Labute approximate surface area is 97.9 Å². The zero-order chi connectivity index (χ0) is 12.4. The standard InChI is InChI=1S/C11H12N2O4/c1-8-3-4-10(13(15)16)9(7-8)11(14)12-5-2-6-17-12/h3-4,7H,2,5-6H2,1H3. The number of nitrogens with zero attached hydrogens (tertiary/aromatic N) is 2. The summed E-state index contributed by atoms with van der Waals surface area (Å²) in [6.07, 6.45) is 0.755. The highest BCUT2D eigenvalue weighted by atomic mass is 16.7. The van der Waals surface area contributed by atoms with E-state index in [9.17, 15) is 14.9 Å². The minimum atomic E-state index is -0.553. The molecular formula is C11H12N2O4. The summed E-state index contributed by atoms with van der Waals surface area (Å²) in [4.78, 5) is 27.4. The number of rotatable bonds is 2. The van der Waals surface area contributed by atoms with Gasteiger partial charge in [-0.2, -0.15) is 0 Å². The van der Waals surface area contributed by atoms with E-state index in [0.29, 0.717) is 13.2 Å². The van der Waals surface area contributed by atoms with Gasteiger partial charge in [-0.3, -0.25) is 19.7 Å². The van der Waals surface area contributed by atoms with Crippen molar-refractivity contribution in [3.63, 3.8) is 0 Å². The van der Waals surface area contributed by atoms with Crippen LogP contribution in [0.1, 0.15) is 22.3 Å². The van der Waals surface area contributed by atoms with Crippen molar-refractivity contribution in [1.29, 1.82) is 0 Å². The van der Waals surface area contributed by atoms with E-state index in [0.717, 1.165) is 12.0 Å². The third-order valence-corrected chi connectivity index (χ3v) is 2.56. The van der Waals surface area contributed by atoms with Gasteiger partial charge in [-0.1, -0.05) is 6.07 Å². The average molecular weight is 236 g/mol. The summed E-state index contributed by atoms with van der Waals surface area (Å²) in [5.74, 6) is -0.446. The summed E-state index contributed by atoms with van der Waals surface area (Å²) in [5, 5.41) is 12.0. The predicted octanol–water partition coefficient (Wildman–Crippen LogP) is 1.68. The molecule has 0 unspecified atom stereocenters. The third-order valence-electron chi connectivity index (χ3n) is 2.56. The molecule has 6 nitrogen and oxygen atoms in total. The Balaban J connectivity index is 2.38. The molecule has 17 heavy (non-hydrogen) atoms. The average Bonchev–Trinajstić information content (AvgIpc) is 2.80. The van der Waals surface area contributed by atoms with Crippen LogP contribution in [0, 0.1) is 17.0 Å². The molecule has 0 atom stereocenters. The summed E-state index contributed by atoms with van der Waals surface area (Å²) in [7, 11) is 0. The summed E-state index contributed by atoms with van der Waals surface area (Å²) >= 11 is 0. The number of aryl methyl sites for hydroxylation is 1. The molecule has 0 bridgehead atoms. The van der Waals surface area contributed by atoms with Crippen LogP contribution in [0.2, 0.25) is 0 Å². The van der Waals surface area contributed by atoms with Gasteiger partial charge in [-0.05, 0) is 25.0 Å². The Kier molecular flexibility index (Phi) is 3.06. The second kappa shape index (κ2) is 4.50. The van der Waals surface area contributed by atoms with Crippen molar-refractivity contribution in [3.8, 4) is 0 Å². The Morgan fingerprint density at radius 1 is 1.53 bits per heavy atom. The number of hydroxylamine groups is 2. The second-order valence-electron chi connectivity index (χ2n) is 3.87. The molecule has 1 aromatic carbocycles. The first-order valence-electron chi connectivity index (χ1n) is 5.29. The van der Waals surface area contributed by atoms with Crippen molar-refractivity contribution in [3.05, 3.63) is 39.4 Å². The number of carbonyl (C=O) groups is 1. The van der Waals surface area contributed by atoms with Gasteiger partial charge in [0, 0.05) is 6.07 Å². The first-order chi connectivity index (χ1) is 8.09. The van der Waals surface area contributed by atoms with Gasteiger partial charge in [0.25, 0.3) is 11.6 Å². The van der Waals surface area contributed by atoms with Crippen LogP contribution in [0.3, 0.4) is 0 Å². The van der Waals surface area contributed by atoms with Crippen LogP contribution >= 0.6 is 0 Å². The van der Waals surface area contributed by atoms with E-state index in [1.807, 2.05) is 0 Å². The fourth-order valence-electron chi connectivity index (χ4n) is 1.72. The van der Waals surface area contributed by atoms with E-state index in [1.54, 1.807) is 13.0 Å². The monoisotopic (exact) mass is 236 g/mol. The topological polar surface area (TPSA) is 72.7 Å². The Hall–Kier alpha value is -1.95. The maximum Gasteiger partial charge on any atom is 0.284 e. The summed E-state index contributed by atoms with van der Waals surface area (Å²) < 4.78 is 0. The van der Waals surface area contributed by atoms with E-state index in [4.69, 9.17) is 4.84 Å². The molecule has 0 aromatic heterocycles. The van der Waals surface area contributed by atoms with Crippen molar-refractivity contribution < 1.29 is 14.6 Å². The molecule has 1 aliphatic rings. The number of nitro groups is 1. The van der Waals surface area contributed by atoms with Crippen LogP contribution in [0.15, 0.2) is 18.2 Å². The van der Waals surface area contributed by atoms with E-state index in [2.05, 4.69) is 0 Å². The highest BCUT2D eigenvalue weighted by molar-refractivity contribution is 5.97. The molecule has 0 saturated carbocycles. The molecular weight excluding hydrogens is 224 g/mol. The van der Waals surface area contributed by atoms with Crippen molar-refractivity contribution in [1.82, 2.24) is 5.06 Å². The lowest BCUT2D eigenvalue weighted by atomic mass is 10.1. The summed E-state index contributed by atoms with van der Waals surface area (Å²) in [6, 6.07) is 4.47. The van der Waals surface area contributed by atoms with E-state index >= 15 is 0 Å². The van der Waals surface area contributed by atoms with Gasteiger partial charge in [-0.25, -0.2) is 5.06 Å². The maximum absolute atomic E-state index is 12.0. The molecule has 1 amide bonds. The first kappa shape index (κ1) is 11.5. The molecule has 90 valence electrons. The van der Waals surface area contributed by atoms with Gasteiger partial charge in [-0.15, -0.1) is 0 Å². The lowest BCUT2D eigenvalue weighted by molar-refractivity contribution is -0.385. The van der Waals surface area contributed by atoms with Crippen LogP contribution in [0.5, 0.6) is 0 Å². The van der Waals surface area contributed by atoms with Gasteiger partial charge in [0.2, 0.25) is 0 Å². The van der Waals surface area contributed by atoms with Crippen molar-refractivity contribution >= 4 is 11.6 Å². The van der Waals surface area contributed by atoms with Gasteiger partial charge < -0.3 is 0 Å². The molecule has 1 aliphatic heterocycles. The number of hydrogen-bond donors (Lipinski definition) is 0. The quantitative estimate of drug-likeness (QED) is 0.578. The fraction of sp³-hybridized carbons (Fsp3) is 0.364. The minimum absolute atomic E-state index is 0.0805.